The Labute approximate surface area is 268 Å². The largest absolute Gasteiger partial charge is 0.497 e. The number of anilines is 2. The third-order valence-electron chi connectivity index (χ3n) is 7.31. The molecular weight excluding hydrogens is 592 g/mol. The number of β-amino-alcohol motifs (C(OH)–C–C–N with tert-alkyl or cyclic N) is 1. The summed E-state index contributed by atoms with van der Waals surface area (Å²) in [6, 6.07) is 19.4. The average molecular weight is 635 g/mol. The summed E-state index contributed by atoms with van der Waals surface area (Å²) < 4.78 is 5.44. The molecule has 3 aromatic rings. The van der Waals surface area contributed by atoms with E-state index in [0.717, 1.165) is 27.3 Å². The minimum atomic E-state index is -0.774. The van der Waals surface area contributed by atoms with E-state index in [4.69, 9.17) is 4.74 Å². The Bertz CT molecular complexity index is 1500. The van der Waals surface area contributed by atoms with Crippen molar-refractivity contribution in [2.45, 2.75) is 49.9 Å². The lowest BCUT2D eigenvalue weighted by molar-refractivity contribution is -0.120. The molecule has 1 aliphatic rings. The van der Waals surface area contributed by atoms with E-state index in [1.165, 1.54) is 11.8 Å². The second-order valence-corrected chi connectivity index (χ2v) is 12.6. The molecule has 240 valence electrons. The van der Waals surface area contributed by atoms with Gasteiger partial charge in [0.25, 0.3) is 5.91 Å². The van der Waals surface area contributed by atoms with Gasteiger partial charge < -0.3 is 41.3 Å². The summed E-state index contributed by atoms with van der Waals surface area (Å²) in [6.45, 7) is 6.53. The molecule has 1 heterocycles. The fourth-order valence-electron chi connectivity index (χ4n) is 4.78. The third kappa shape index (κ3) is 9.13. The molecule has 45 heavy (non-hydrogen) atoms. The molecule has 0 radical (unpaired) electrons. The number of hydrogen-bond donors (Lipinski definition) is 6. The Morgan fingerprint density at radius 2 is 1.82 bits per heavy atom. The minimum Gasteiger partial charge on any atom is -0.497 e. The number of ether oxygens (including phenoxy) is 1. The van der Waals surface area contributed by atoms with Gasteiger partial charge in [0, 0.05) is 41.9 Å². The van der Waals surface area contributed by atoms with Gasteiger partial charge >= 0.3 is 12.1 Å². The average Bonchev–Trinajstić information content (AvgIpc) is 3.15. The van der Waals surface area contributed by atoms with E-state index in [2.05, 4.69) is 26.6 Å². The number of amides is 5. The van der Waals surface area contributed by atoms with Crippen molar-refractivity contribution in [1.29, 1.82) is 0 Å². The molecule has 0 aromatic heterocycles. The molecule has 4 rings (SSSR count). The molecule has 0 unspecified atom stereocenters. The van der Waals surface area contributed by atoms with Gasteiger partial charge in [0.1, 0.15) is 11.8 Å². The van der Waals surface area contributed by atoms with E-state index in [-0.39, 0.29) is 18.5 Å². The molecule has 11 nitrogen and oxygen atoms in total. The van der Waals surface area contributed by atoms with Crippen LogP contribution in [0.25, 0.3) is 11.1 Å². The number of para-hydroxylation sites is 1. The number of aliphatic hydroxyl groups is 1. The maximum atomic E-state index is 14.0. The van der Waals surface area contributed by atoms with Gasteiger partial charge in [-0.3, -0.25) is 4.79 Å². The first kappa shape index (κ1) is 33.6. The second-order valence-electron chi connectivity index (χ2n) is 11.5. The lowest BCUT2D eigenvalue weighted by atomic mass is 10.0. The molecule has 1 aliphatic heterocycles. The van der Waals surface area contributed by atoms with Gasteiger partial charge in [-0.1, -0.05) is 42.5 Å². The molecule has 0 fully saturated rings. The number of nitrogens with one attached hydrogen (secondary N) is 5. The number of thioether (sulfide) groups is 1. The van der Waals surface area contributed by atoms with Crippen molar-refractivity contribution in [3.05, 3.63) is 72.3 Å². The number of aliphatic hydroxyl groups excluding tert-OH is 1. The minimum absolute atomic E-state index is 0.225. The number of methoxy groups -OCH3 is 1. The zero-order valence-corrected chi connectivity index (χ0v) is 27.1. The third-order valence-corrected chi connectivity index (χ3v) is 8.45. The molecule has 0 bridgehead atoms. The first-order valence-electron chi connectivity index (χ1n) is 14.8. The van der Waals surface area contributed by atoms with Gasteiger partial charge in [-0.25, -0.2) is 9.59 Å². The highest BCUT2D eigenvalue weighted by atomic mass is 32.2. The standard InChI is InChI=1S/C33H42N6O5S/c1-21(40)17-36-33(2,3)20-35-32(43)38-27-19-45-29-16-24(44-5)14-15-28(29)39(30(27)41)18-22-10-12-23(13-11-22)25-8-6-7-9-26(25)37-31(42)34-4/h6-16,21,27,36,40H,17-20H2,1-5H3,(H2,34,37,42)(H2,35,38,43)/t21-,27-/m1/s1. The van der Waals surface area contributed by atoms with Crippen LogP contribution in [0.3, 0.4) is 0 Å². The number of carbonyl (C=O) groups excluding carboxylic acids is 3. The number of benzene rings is 3. The first-order valence-corrected chi connectivity index (χ1v) is 15.7. The van der Waals surface area contributed by atoms with Crippen LogP contribution in [0.4, 0.5) is 21.0 Å². The van der Waals surface area contributed by atoms with E-state index in [0.29, 0.717) is 30.3 Å². The van der Waals surface area contributed by atoms with E-state index >= 15 is 0 Å². The highest BCUT2D eigenvalue weighted by Gasteiger charge is 2.32. The van der Waals surface area contributed by atoms with Crippen LogP contribution < -0.4 is 36.2 Å². The second kappa shape index (κ2) is 15.2. The van der Waals surface area contributed by atoms with Crippen molar-refractivity contribution in [1.82, 2.24) is 21.3 Å². The van der Waals surface area contributed by atoms with Gasteiger partial charge in [-0.2, -0.15) is 0 Å². The van der Waals surface area contributed by atoms with Crippen molar-refractivity contribution in [3.63, 3.8) is 0 Å². The van der Waals surface area contributed by atoms with Crippen LogP contribution in [-0.2, 0) is 11.3 Å². The van der Waals surface area contributed by atoms with Gasteiger partial charge in [0.05, 0.1) is 31.1 Å². The number of nitrogens with zero attached hydrogens (tertiary/aromatic N) is 1. The molecule has 5 amide bonds. The van der Waals surface area contributed by atoms with Crippen molar-refractivity contribution >= 4 is 41.1 Å². The van der Waals surface area contributed by atoms with Crippen LogP contribution in [0, 0.1) is 0 Å². The zero-order chi connectivity index (χ0) is 32.6. The lowest BCUT2D eigenvalue weighted by Crippen LogP contribution is -2.56. The molecule has 12 heteroatoms. The summed E-state index contributed by atoms with van der Waals surface area (Å²) in [5, 5.41) is 24.0. The highest BCUT2D eigenvalue weighted by molar-refractivity contribution is 7.99. The Balaban J connectivity index is 1.53. The lowest BCUT2D eigenvalue weighted by Gasteiger charge is -2.29. The number of hydrogen-bond acceptors (Lipinski definition) is 7. The molecule has 0 spiro atoms. The predicted octanol–water partition coefficient (Wildman–Crippen LogP) is 4.17. The Kier molecular flexibility index (Phi) is 11.3. The summed E-state index contributed by atoms with van der Waals surface area (Å²) in [4.78, 5) is 41.5. The maximum Gasteiger partial charge on any atom is 0.318 e. The molecule has 2 atom stereocenters. The molecule has 0 aliphatic carbocycles. The maximum absolute atomic E-state index is 14.0. The topological polar surface area (TPSA) is 144 Å². The van der Waals surface area contributed by atoms with Crippen LogP contribution in [0.2, 0.25) is 0 Å². The normalized spacial score (nSPS) is 15.4. The van der Waals surface area contributed by atoms with Crippen molar-refractivity contribution in [2.24, 2.45) is 0 Å². The van der Waals surface area contributed by atoms with Gasteiger partial charge in [0.15, 0.2) is 0 Å². The van der Waals surface area contributed by atoms with Crippen LogP contribution in [0.1, 0.15) is 26.3 Å². The first-order chi connectivity index (χ1) is 21.5. The summed E-state index contributed by atoms with van der Waals surface area (Å²) in [5.41, 5.74) is 3.64. The Hall–Kier alpha value is -4.26. The zero-order valence-electron chi connectivity index (χ0n) is 26.3. The van der Waals surface area contributed by atoms with E-state index < -0.39 is 23.7 Å². The van der Waals surface area contributed by atoms with Crippen molar-refractivity contribution in [3.8, 4) is 16.9 Å². The SMILES string of the molecule is CNC(=O)Nc1ccccc1-c1ccc(CN2C(=O)[C@H](NC(=O)NCC(C)(C)NC[C@@H](C)O)CSc3cc(OC)ccc32)cc1. The molecule has 6 N–H and O–H groups in total. The van der Waals surface area contributed by atoms with Crippen molar-refractivity contribution in [2.75, 3.05) is 43.2 Å². The molecular formula is C33H42N6O5S. The highest BCUT2D eigenvalue weighted by Crippen LogP contribution is 2.38. The predicted molar refractivity (Wildman–Crippen MR) is 179 cm³/mol. The number of fused-ring (bicyclic) bond motifs is 1. The smallest absolute Gasteiger partial charge is 0.318 e. The molecule has 0 saturated heterocycles. The fraction of sp³-hybridized carbons (Fsp3) is 0.364. The summed E-state index contributed by atoms with van der Waals surface area (Å²) in [5.74, 6) is 0.802. The van der Waals surface area contributed by atoms with Crippen molar-refractivity contribution < 1.29 is 24.2 Å². The Morgan fingerprint density at radius 3 is 2.51 bits per heavy atom. The summed E-state index contributed by atoms with van der Waals surface area (Å²) in [7, 11) is 3.16. The van der Waals surface area contributed by atoms with Crippen LogP contribution >= 0.6 is 11.8 Å². The molecule has 3 aromatic carbocycles. The number of carbonyl (C=O) groups is 3. The van der Waals surface area contributed by atoms with Gasteiger partial charge in [-0.05, 0) is 56.2 Å². The van der Waals surface area contributed by atoms with E-state index in [1.807, 2.05) is 80.6 Å². The van der Waals surface area contributed by atoms with Crippen LogP contribution in [-0.4, -0.2) is 73.8 Å². The van der Waals surface area contributed by atoms with Gasteiger partial charge in [-0.15, -0.1) is 11.8 Å². The molecule has 0 saturated carbocycles. The number of rotatable bonds is 11. The summed E-state index contributed by atoms with van der Waals surface area (Å²) in [6.07, 6.45) is -0.511. The van der Waals surface area contributed by atoms with Crippen LogP contribution in [0.5, 0.6) is 5.75 Å². The number of urea groups is 2. The van der Waals surface area contributed by atoms with E-state index in [1.54, 1.807) is 26.0 Å². The monoisotopic (exact) mass is 634 g/mol. The van der Waals surface area contributed by atoms with E-state index in [9.17, 15) is 19.5 Å². The van der Waals surface area contributed by atoms with Crippen LogP contribution in [0.15, 0.2) is 71.6 Å². The van der Waals surface area contributed by atoms with Gasteiger partial charge in [0.2, 0.25) is 0 Å². The summed E-state index contributed by atoms with van der Waals surface area (Å²) >= 11 is 1.49. The quantitative estimate of drug-likeness (QED) is 0.186. The fourth-order valence-corrected chi connectivity index (χ4v) is 5.87. The Morgan fingerprint density at radius 1 is 1.09 bits per heavy atom.